The number of benzene rings is 2. The Morgan fingerprint density at radius 2 is 1.83 bits per heavy atom. The van der Waals surface area contributed by atoms with E-state index in [-0.39, 0.29) is 5.56 Å². The van der Waals surface area contributed by atoms with Crippen LogP contribution in [-0.2, 0) is 0 Å². The maximum absolute atomic E-state index is 13.4. The van der Waals surface area contributed by atoms with Gasteiger partial charge in [0.05, 0.1) is 5.69 Å². The molecule has 0 atom stereocenters. The monoisotopic (exact) mass is 260 g/mol. The number of rotatable bonds is 2. The Kier molecular flexibility index (Phi) is 3.50. The van der Waals surface area contributed by atoms with Gasteiger partial charge in [-0.05, 0) is 36.8 Å². The quantitative estimate of drug-likeness (QED) is 0.869. The van der Waals surface area contributed by atoms with Gasteiger partial charge in [-0.1, -0.05) is 23.7 Å². The Morgan fingerprint density at radius 3 is 2.56 bits per heavy atom. The first-order valence-electron chi connectivity index (χ1n) is 5.34. The Morgan fingerprint density at radius 1 is 1.17 bits per heavy atom. The Labute approximate surface area is 110 Å². The lowest BCUT2D eigenvalue weighted by atomic mass is 10.1. The first-order chi connectivity index (χ1) is 8.63. The molecule has 1 N–H and O–H groups in total. The lowest BCUT2D eigenvalue weighted by molar-refractivity contribution is 0.624. The summed E-state index contributed by atoms with van der Waals surface area (Å²) in [6.07, 6.45) is 0. The van der Waals surface area contributed by atoms with Gasteiger partial charge in [0, 0.05) is 10.7 Å². The van der Waals surface area contributed by atoms with Crippen LogP contribution < -0.4 is 5.32 Å². The highest BCUT2D eigenvalue weighted by Gasteiger charge is 2.09. The maximum Gasteiger partial charge on any atom is 0.143 e. The summed E-state index contributed by atoms with van der Waals surface area (Å²) in [7, 11) is 0. The fraction of sp³-hybridized carbons (Fsp3) is 0.0714. The number of anilines is 2. The van der Waals surface area contributed by atoms with E-state index in [1.807, 2.05) is 19.1 Å². The van der Waals surface area contributed by atoms with Crippen molar-refractivity contribution in [2.45, 2.75) is 6.92 Å². The molecule has 0 aliphatic heterocycles. The van der Waals surface area contributed by atoms with Crippen LogP contribution in [0.4, 0.5) is 15.8 Å². The van der Waals surface area contributed by atoms with Crippen LogP contribution in [0.1, 0.15) is 11.1 Å². The predicted octanol–water partition coefficient (Wildman–Crippen LogP) is 4.40. The average Bonchev–Trinajstić information content (AvgIpc) is 2.35. The molecule has 0 saturated carbocycles. The van der Waals surface area contributed by atoms with Gasteiger partial charge in [-0.3, -0.25) is 0 Å². The lowest BCUT2D eigenvalue weighted by Gasteiger charge is -2.12. The second-order valence-corrected chi connectivity index (χ2v) is 4.22. The minimum atomic E-state index is -0.540. The predicted molar refractivity (Wildman–Crippen MR) is 70.6 cm³/mol. The van der Waals surface area contributed by atoms with Gasteiger partial charge in [0.2, 0.25) is 0 Å². The van der Waals surface area contributed by atoms with Crippen molar-refractivity contribution >= 4 is 23.0 Å². The van der Waals surface area contributed by atoms with Gasteiger partial charge in [0.25, 0.3) is 0 Å². The van der Waals surface area contributed by atoms with Crippen molar-refractivity contribution in [1.29, 1.82) is 5.26 Å². The normalized spacial score (nSPS) is 9.89. The SMILES string of the molecule is Cc1c(Cl)cccc1Nc1cccc(F)c1C#N. The molecule has 18 heavy (non-hydrogen) atoms. The molecule has 0 saturated heterocycles. The second kappa shape index (κ2) is 5.07. The van der Waals surface area contributed by atoms with Crippen LogP contribution in [0.2, 0.25) is 5.02 Å². The average molecular weight is 261 g/mol. The van der Waals surface area contributed by atoms with Crippen molar-refractivity contribution in [2.75, 3.05) is 5.32 Å². The summed E-state index contributed by atoms with van der Waals surface area (Å²) in [5, 5.41) is 12.6. The van der Waals surface area contributed by atoms with E-state index < -0.39 is 5.82 Å². The molecule has 0 unspecified atom stereocenters. The zero-order valence-electron chi connectivity index (χ0n) is 9.67. The molecule has 0 amide bonds. The summed E-state index contributed by atoms with van der Waals surface area (Å²) < 4.78 is 13.4. The van der Waals surface area contributed by atoms with Gasteiger partial charge in [-0.2, -0.15) is 5.26 Å². The van der Waals surface area contributed by atoms with Crippen molar-refractivity contribution in [3.05, 3.63) is 58.4 Å². The van der Waals surface area contributed by atoms with Crippen LogP contribution in [0.25, 0.3) is 0 Å². The molecule has 0 fully saturated rings. The van der Waals surface area contributed by atoms with E-state index in [2.05, 4.69) is 5.32 Å². The van der Waals surface area contributed by atoms with Crippen molar-refractivity contribution in [3.8, 4) is 6.07 Å². The highest BCUT2D eigenvalue weighted by Crippen LogP contribution is 2.28. The molecule has 0 aliphatic rings. The Balaban J connectivity index is 2.44. The Hall–Kier alpha value is -2.05. The first kappa shape index (κ1) is 12.4. The van der Waals surface area contributed by atoms with Crippen molar-refractivity contribution in [2.24, 2.45) is 0 Å². The fourth-order valence-electron chi connectivity index (χ4n) is 1.63. The molecule has 4 heteroatoms. The minimum absolute atomic E-state index is 0.00289. The number of nitriles is 1. The lowest BCUT2D eigenvalue weighted by Crippen LogP contribution is -1.97. The van der Waals surface area contributed by atoms with E-state index in [4.69, 9.17) is 16.9 Å². The van der Waals surface area contributed by atoms with E-state index >= 15 is 0 Å². The summed E-state index contributed by atoms with van der Waals surface area (Å²) in [6, 6.07) is 11.7. The van der Waals surface area contributed by atoms with Gasteiger partial charge in [-0.25, -0.2) is 4.39 Å². The molecule has 0 spiro atoms. The zero-order valence-corrected chi connectivity index (χ0v) is 10.4. The van der Waals surface area contributed by atoms with Crippen LogP contribution >= 0.6 is 11.6 Å². The molecule has 90 valence electrons. The van der Waals surface area contributed by atoms with E-state index in [0.717, 1.165) is 11.3 Å². The van der Waals surface area contributed by atoms with Crippen LogP contribution in [0.15, 0.2) is 36.4 Å². The second-order valence-electron chi connectivity index (χ2n) is 3.81. The van der Waals surface area contributed by atoms with Crippen LogP contribution in [0, 0.1) is 24.1 Å². The molecule has 0 aromatic heterocycles. The van der Waals surface area contributed by atoms with Crippen LogP contribution in [-0.4, -0.2) is 0 Å². The molecular formula is C14H10ClFN2. The largest absolute Gasteiger partial charge is 0.354 e. The number of nitrogens with one attached hydrogen (secondary N) is 1. The molecule has 0 aliphatic carbocycles. The summed E-state index contributed by atoms with van der Waals surface area (Å²) in [5.74, 6) is -0.540. The third-order valence-electron chi connectivity index (χ3n) is 2.66. The molecule has 2 aromatic carbocycles. The van der Waals surface area contributed by atoms with Crippen LogP contribution in [0.3, 0.4) is 0 Å². The highest BCUT2D eigenvalue weighted by atomic mass is 35.5. The minimum Gasteiger partial charge on any atom is -0.354 e. The van der Waals surface area contributed by atoms with E-state index in [1.165, 1.54) is 6.07 Å². The molecule has 0 bridgehead atoms. The Bertz CT molecular complexity index is 632. The van der Waals surface area contributed by atoms with Crippen LogP contribution in [0.5, 0.6) is 0 Å². The third-order valence-corrected chi connectivity index (χ3v) is 3.07. The van der Waals surface area contributed by atoms with E-state index in [1.54, 1.807) is 24.3 Å². The molecule has 0 heterocycles. The zero-order chi connectivity index (χ0) is 13.1. The van der Waals surface area contributed by atoms with E-state index in [9.17, 15) is 4.39 Å². The summed E-state index contributed by atoms with van der Waals surface area (Å²) in [4.78, 5) is 0. The van der Waals surface area contributed by atoms with E-state index in [0.29, 0.717) is 10.7 Å². The first-order valence-corrected chi connectivity index (χ1v) is 5.72. The summed E-state index contributed by atoms with van der Waals surface area (Å²) in [5.41, 5.74) is 2.04. The summed E-state index contributed by atoms with van der Waals surface area (Å²) in [6.45, 7) is 1.86. The number of hydrogen-bond donors (Lipinski definition) is 1. The number of nitrogens with zero attached hydrogens (tertiary/aromatic N) is 1. The molecule has 2 nitrogen and oxygen atoms in total. The molecule has 2 rings (SSSR count). The topological polar surface area (TPSA) is 35.8 Å². The van der Waals surface area contributed by atoms with Crippen molar-refractivity contribution < 1.29 is 4.39 Å². The highest BCUT2D eigenvalue weighted by molar-refractivity contribution is 6.31. The van der Waals surface area contributed by atoms with Crippen molar-refractivity contribution in [3.63, 3.8) is 0 Å². The maximum atomic E-state index is 13.4. The van der Waals surface area contributed by atoms with Crippen molar-refractivity contribution in [1.82, 2.24) is 0 Å². The third kappa shape index (κ3) is 2.29. The standard InChI is InChI=1S/C14H10ClFN2/c1-9-11(15)4-2-6-13(9)18-14-7-3-5-12(16)10(14)8-17/h2-7,18H,1H3. The smallest absolute Gasteiger partial charge is 0.143 e. The van der Waals surface area contributed by atoms with Gasteiger partial charge in [-0.15, -0.1) is 0 Å². The molecule has 0 radical (unpaired) electrons. The van der Waals surface area contributed by atoms with Gasteiger partial charge in [0.15, 0.2) is 0 Å². The molecule has 2 aromatic rings. The fourth-order valence-corrected chi connectivity index (χ4v) is 1.80. The van der Waals surface area contributed by atoms with Gasteiger partial charge < -0.3 is 5.32 Å². The molecular weight excluding hydrogens is 251 g/mol. The van der Waals surface area contributed by atoms with Gasteiger partial charge >= 0.3 is 0 Å². The summed E-state index contributed by atoms with van der Waals surface area (Å²) >= 11 is 6.01. The number of halogens is 2. The van der Waals surface area contributed by atoms with Gasteiger partial charge in [0.1, 0.15) is 17.4 Å². The number of hydrogen-bond acceptors (Lipinski definition) is 2.